The first kappa shape index (κ1) is 9.34. The molecule has 0 saturated heterocycles. The van der Waals surface area contributed by atoms with E-state index in [0.717, 1.165) is 11.4 Å². The Morgan fingerprint density at radius 2 is 2.00 bits per heavy atom. The number of hydrogen-bond acceptors (Lipinski definition) is 2. The van der Waals surface area contributed by atoms with E-state index in [1.165, 1.54) is 11.6 Å². The summed E-state index contributed by atoms with van der Waals surface area (Å²) in [5, 5.41) is 11.5. The summed E-state index contributed by atoms with van der Waals surface area (Å²) in [6.07, 6.45) is 1.49. The van der Waals surface area contributed by atoms with Gasteiger partial charge in [0.25, 0.3) is 0 Å². The smallest absolute Gasteiger partial charge is 0.0930 e. The maximum Gasteiger partial charge on any atom is 0.0930 e. The molecule has 66 valence electrons. The Morgan fingerprint density at radius 1 is 1.38 bits per heavy atom. The van der Waals surface area contributed by atoms with Crippen molar-refractivity contribution in [2.45, 2.75) is 13.8 Å². The minimum atomic E-state index is 0.853. The molecule has 0 aliphatic rings. The summed E-state index contributed by atoms with van der Waals surface area (Å²) in [6, 6.07) is 10.0. The fourth-order valence-electron chi connectivity index (χ4n) is 0.997. The number of benzene rings is 1. The van der Waals surface area contributed by atoms with Crippen LogP contribution in [-0.2, 0) is 0 Å². The molecule has 1 rings (SSSR count). The second kappa shape index (κ2) is 4.32. The molecule has 0 unspecified atom stereocenters. The van der Waals surface area contributed by atoms with Gasteiger partial charge in [-0.25, -0.2) is 0 Å². The molecule has 2 nitrogen and oxygen atoms in total. The van der Waals surface area contributed by atoms with Crippen LogP contribution in [0.2, 0.25) is 0 Å². The molecule has 0 spiro atoms. The Balaban J connectivity index is 2.71. The highest BCUT2D eigenvalue weighted by Gasteiger charge is 1.91. The van der Waals surface area contributed by atoms with Gasteiger partial charge >= 0.3 is 0 Å². The minimum Gasteiger partial charge on any atom is -0.359 e. The molecule has 0 atom stereocenters. The van der Waals surface area contributed by atoms with Gasteiger partial charge in [-0.3, -0.25) is 0 Å². The van der Waals surface area contributed by atoms with Crippen LogP contribution in [0.5, 0.6) is 0 Å². The number of nitriles is 1. The molecule has 0 heterocycles. The molecule has 2 heteroatoms. The number of anilines is 1. The first-order valence-electron chi connectivity index (χ1n) is 4.12. The van der Waals surface area contributed by atoms with E-state index in [1.54, 1.807) is 0 Å². The summed E-state index contributed by atoms with van der Waals surface area (Å²) in [4.78, 5) is 0. The van der Waals surface area contributed by atoms with E-state index in [4.69, 9.17) is 5.26 Å². The van der Waals surface area contributed by atoms with Crippen molar-refractivity contribution in [2.75, 3.05) is 5.32 Å². The first-order valence-corrected chi connectivity index (χ1v) is 4.12. The van der Waals surface area contributed by atoms with Gasteiger partial charge in [0.05, 0.1) is 6.07 Å². The van der Waals surface area contributed by atoms with Gasteiger partial charge < -0.3 is 5.32 Å². The summed E-state index contributed by atoms with van der Waals surface area (Å²) in [7, 11) is 0. The predicted octanol–water partition coefficient (Wildman–Crippen LogP) is 2.83. The van der Waals surface area contributed by atoms with Crippen LogP contribution < -0.4 is 5.32 Å². The Labute approximate surface area is 78.5 Å². The third kappa shape index (κ3) is 3.00. The Hall–Kier alpha value is -1.75. The minimum absolute atomic E-state index is 0.853. The Kier molecular flexibility index (Phi) is 3.10. The molecule has 0 fully saturated rings. The van der Waals surface area contributed by atoms with Crippen molar-refractivity contribution < 1.29 is 0 Å². The lowest BCUT2D eigenvalue weighted by Gasteiger charge is -2.04. The monoisotopic (exact) mass is 172 g/mol. The van der Waals surface area contributed by atoms with Crippen LogP contribution in [-0.4, -0.2) is 0 Å². The summed E-state index contributed by atoms with van der Waals surface area (Å²) in [5.74, 6) is 0. The number of hydrogen-bond donors (Lipinski definition) is 1. The van der Waals surface area contributed by atoms with Crippen LogP contribution in [0.25, 0.3) is 0 Å². The SMILES string of the molecule is C/C(=C\C#N)Nc1ccc(C)cc1. The zero-order valence-electron chi connectivity index (χ0n) is 7.83. The average molecular weight is 172 g/mol. The lowest BCUT2D eigenvalue weighted by Crippen LogP contribution is -1.94. The second-order valence-electron chi connectivity index (χ2n) is 2.95. The standard InChI is InChI=1S/C11H12N2/c1-9-3-5-11(6-4-9)13-10(2)7-8-12/h3-7,13H,1-2H3/b10-7+. The maximum atomic E-state index is 8.39. The molecule has 0 aliphatic heterocycles. The van der Waals surface area contributed by atoms with Crippen molar-refractivity contribution in [3.05, 3.63) is 41.6 Å². The molecule has 0 bridgehead atoms. The molecular formula is C11H12N2. The third-order valence-electron chi connectivity index (χ3n) is 1.67. The van der Waals surface area contributed by atoms with Gasteiger partial charge in [0.15, 0.2) is 0 Å². The summed E-state index contributed by atoms with van der Waals surface area (Å²) in [6.45, 7) is 3.91. The van der Waals surface area contributed by atoms with Crippen LogP contribution in [0.1, 0.15) is 12.5 Å². The maximum absolute atomic E-state index is 8.39. The number of aryl methyl sites for hydroxylation is 1. The van der Waals surface area contributed by atoms with Crippen LogP contribution in [0.15, 0.2) is 36.0 Å². The lowest BCUT2D eigenvalue weighted by molar-refractivity contribution is 1.36. The number of rotatable bonds is 2. The van der Waals surface area contributed by atoms with Gasteiger partial charge in [-0.1, -0.05) is 17.7 Å². The molecule has 13 heavy (non-hydrogen) atoms. The van der Waals surface area contributed by atoms with Crippen molar-refractivity contribution in [1.82, 2.24) is 0 Å². The second-order valence-corrected chi connectivity index (χ2v) is 2.95. The zero-order chi connectivity index (χ0) is 9.68. The van der Waals surface area contributed by atoms with Gasteiger partial charge in [0, 0.05) is 17.5 Å². The molecule has 0 radical (unpaired) electrons. The van der Waals surface area contributed by atoms with E-state index < -0.39 is 0 Å². The van der Waals surface area contributed by atoms with Gasteiger partial charge in [-0.05, 0) is 26.0 Å². The fraction of sp³-hybridized carbons (Fsp3) is 0.182. The highest BCUT2D eigenvalue weighted by atomic mass is 14.9. The van der Waals surface area contributed by atoms with E-state index in [-0.39, 0.29) is 0 Å². The Morgan fingerprint density at radius 3 is 2.54 bits per heavy atom. The predicted molar refractivity (Wildman–Crippen MR) is 54.2 cm³/mol. The molecule has 0 aromatic heterocycles. The first-order chi connectivity index (χ1) is 6.22. The fourth-order valence-corrected chi connectivity index (χ4v) is 0.997. The average Bonchev–Trinajstić information content (AvgIpc) is 2.09. The van der Waals surface area contributed by atoms with E-state index in [2.05, 4.69) is 5.32 Å². The van der Waals surface area contributed by atoms with Gasteiger partial charge in [0.1, 0.15) is 0 Å². The van der Waals surface area contributed by atoms with Crippen LogP contribution >= 0.6 is 0 Å². The highest BCUT2D eigenvalue weighted by Crippen LogP contribution is 2.10. The quantitative estimate of drug-likeness (QED) is 0.696. The largest absolute Gasteiger partial charge is 0.359 e. The van der Waals surface area contributed by atoms with Crippen LogP contribution in [0.4, 0.5) is 5.69 Å². The molecule has 0 amide bonds. The van der Waals surface area contributed by atoms with Crippen molar-refractivity contribution in [3.8, 4) is 6.07 Å². The lowest BCUT2D eigenvalue weighted by atomic mass is 10.2. The van der Waals surface area contributed by atoms with Crippen molar-refractivity contribution >= 4 is 5.69 Å². The van der Waals surface area contributed by atoms with Crippen molar-refractivity contribution in [3.63, 3.8) is 0 Å². The third-order valence-corrected chi connectivity index (χ3v) is 1.67. The molecule has 0 aliphatic carbocycles. The highest BCUT2D eigenvalue weighted by molar-refractivity contribution is 5.49. The van der Waals surface area contributed by atoms with E-state index >= 15 is 0 Å². The van der Waals surface area contributed by atoms with E-state index in [0.29, 0.717) is 0 Å². The van der Waals surface area contributed by atoms with Gasteiger partial charge in [0.2, 0.25) is 0 Å². The van der Waals surface area contributed by atoms with Crippen molar-refractivity contribution in [1.29, 1.82) is 5.26 Å². The Bertz CT molecular complexity index is 341. The van der Waals surface area contributed by atoms with Crippen LogP contribution in [0.3, 0.4) is 0 Å². The number of allylic oxidation sites excluding steroid dienone is 2. The molecule has 1 aromatic carbocycles. The molecule has 1 N–H and O–H groups in total. The van der Waals surface area contributed by atoms with Crippen LogP contribution in [0, 0.1) is 18.3 Å². The molecule has 1 aromatic rings. The summed E-state index contributed by atoms with van der Waals surface area (Å²) < 4.78 is 0. The summed E-state index contributed by atoms with van der Waals surface area (Å²) in [5.41, 5.74) is 3.09. The van der Waals surface area contributed by atoms with Crippen molar-refractivity contribution in [2.24, 2.45) is 0 Å². The zero-order valence-corrected chi connectivity index (χ0v) is 7.83. The normalized spacial score (nSPS) is 10.7. The van der Waals surface area contributed by atoms with E-state index in [9.17, 15) is 0 Å². The number of nitrogens with one attached hydrogen (secondary N) is 1. The topological polar surface area (TPSA) is 35.8 Å². The van der Waals surface area contributed by atoms with Gasteiger partial charge in [-0.15, -0.1) is 0 Å². The molecule has 0 saturated carbocycles. The summed E-state index contributed by atoms with van der Waals surface area (Å²) >= 11 is 0. The number of nitrogens with zero attached hydrogens (tertiary/aromatic N) is 1. The van der Waals surface area contributed by atoms with Gasteiger partial charge in [-0.2, -0.15) is 5.26 Å². The molecular weight excluding hydrogens is 160 g/mol. The van der Waals surface area contributed by atoms with E-state index in [1.807, 2.05) is 44.2 Å².